The summed E-state index contributed by atoms with van der Waals surface area (Å²) in [6, 6.07) is 3.97. The molecule has 180 valence electrons. The highest BCUT2D eigenvalue weighted by molar-refractivity contribution is 5.73. The number of ether oxygens (including phenoxy) is 2. The number of hydrogen-bond donors (Lipinski definition) is 2. The Hall–Kier alpha value is -1.84. The molecule has 0 saturated heterocycles. The van der Waals surface area contributed by atoms with Crippen LogP contribution in [-0.2, 0) is 20.8 Å². The second-order valence-corrected chi connectivity index (χ2v) is 8.71. The molecule has 1 aromatic heterocycles. The summed E-state index contributed by atoms with van der Waals surface area (Å²) >= 11 is 0. The topological polar surface area (TPSA) is 95.4 Å². The quantitative estimate of drug-likeness (QED) is 0.635. The van der Waals surface area contributed by atoms with Gasteiger partial charge in [0.25, 0.3) is 0 Å². The monoisotopic (exact) mass is 449 g/mol. The maximum absolute atomic E-state index is 12.4. The van der Waals surface area contributed by atoms with Crippen molar-refractivity contribution < 1.29 is 24.5 Å². The Balaban J connectivity index is 2.14. The summed E-state index contributed by atoms with van der Waals surface area (Å²) in [5, 5.41) is 21.1. The van der Waals surface area contributed by atoms with E-state index in [0.29, 0.717) is 38.8 Å². The highest BCUT2D eigenvalue weighted by Crippen LogP contribution is 2.12. The molecule has 8 heteroatoms. The summed E-state index contributed by atoms with van der Waals surface area (Å²) in [6.07, 6.45) is 5.38. The zero-order valence-corrected chi connectivity index (χ0v) is 19.6. The Morgan fingerprint density at radius 1 is 1.25 bits per heavy atom. The normalized spacial score (nSPS) is 25.4. The van der Waals surface area contributed by atoms with Crippen molar-refractivity contribution in [1.29, 1.82) is 0 Å². The summed E-state index contributed by atoms with van der Waals surface area (Å²) in [5.41, 5.74) is 1.15. The average molecular weight is 450 g/mol. The number of pyridine rings is 1. The van der Waals surface area contributed by atoms with E-state index in [1.165, 1.54) is 6.92 Å². The van der Waals surface area contributed by atoms with Crippen molar-refractivity contribution in [1.82, 2.24) is 14.8 Å². The summed E-state index contributed by atoms with van der Waals surface area (Å²) in [4.78, 5) is 20.4. The van der Waals surface area contributed by atoms with Crippen LogP contribution in [0.25, 0.3) is 0 Å². The van der Waals surface area contributed by atoms with Crippen molar-refractivity contribution in [2.45, 2.75) is 52.0 Å². The molecule has 1 aromatic rings. The first kappa shape index (κ1) is 26.4. The van der Waals surface area contributed by atoms with Gasteiger partial charge >= 0.3 is 0 Å². The molecule has 8 nitrogen and oxygen atoms in total. The number of carbonyl (C=O) groups excluding carboxylic acids is 1. The van der Waals surface area contributed by atoms with Crippen molar-refractivity contribution in [2.24, 2.45) is 5.92 Å². The van der Waals surface area contributed by atoms with Gasteiger partial charge in [-0.3, -0.25) is 14.7 Å². The second kappa shape index (κ2) is 14.3. The molecule has 0 unspecified atom stereocenters. The zero-order chi connectivity index (χ0) is 23.3. The van der Waals surface area contributed by atoms with Gasteiger partial charge in [-0.05, 0) is 30.0 Å². The number of aromatic nitrogens is 1. The fourth-order valence-electron chi connectivity index (χ4n) is 3.45. The number of aliphatic hydroxyl groups excluding tert-OH is 2. The Morgan fingerprint density at radius 2 is 2.00 bits per heavy atom. The van der Waals surface area contributed by atoms with Crippen LogP contribution < -0.4 is 0 Å². The minimum atomic E-state index is -1.15. The van der Waals surface area contributed by atoms with E-state index in [1.54, 1.807) is 17.3 Å². The minimum Gasteiger partial charge on any atom is -0.388 e. The molecule has 32 heavy (non-hydrogen) atoms. The van der Waals surface area contributed by atoms with Crippen LogP contribution in [0.15, 0.2) is 36.7 Å². The number of nitrogens with zero attached hydrogens (tertiary/aromatic N) is 3. The molecule has 1 aliphatic heterocycles. The molecule has 0 aromatic carbocycles. The Kier molecular flexibility index (Phi) is 11.8. The first-order chi connectivity index (χ1) is 15.4. The van der Waals surface area contributed by atoms with Crippen LogP contribution in [0.4, 0.5) is 0 Å². The van der Waals surface area contributed by atoms with E-state index in [9.17, 15) is 15.0 Å². The lowest BCUT2D eigenvalue weighted by atomic mass is 10.1. The highest BCUT2D eigenvalue weighted by atomic mass is 16.5. The van der Waals surface area contributed by atoms with Crippen LogP contribution in [0.1, 0.15) is 32.8 Å². The lowest BCUT2D eigenvalue weighted by molar-refractivity contribution is -0.139. The molecule has 0 spiro atoms. The number of amides is 1. The summed E-state index contributed by atoms with van der Waals surface area (Å²) in [7, 11) is 0. The standard InChI is InChI=1S/C24H39N3O5/c1-19(2)8-15-32-23-17-27(20(3)28)13-12-26(16-21-6-9-25-10-7-21)11-4-5-14-31-18-22(29)24(23)30/h4-7,9-10,19,22-24,29-30H,8,11-18H2,1-3H3/b5-4-/t22-,23-,24-/m0/s1. The lowest BCUT2D eigenvalue weighted by Crippen LogP contribution is -2.50. The second-order valence-electron chi connectivity index (χ2n) is 8.71. The van der Waals surface area contributed by atoms with Gasteiger partial charge in [0.1, 0.15) is 18.3 Å². The zero-order valence-electron chi connectivity index (χ0n) is 19.6. The number of rotatable bonds is 6. The van der Waals surface area contributed by atoms with Crippen molar-refractivity contribution in [2.75, 3.05) is 46.0 Å². The maximum atomic E-state index is 12.4. The SMILES string of the molecule is CC(=O)N1CCN(Cc2ccncc2)C/C=C\COC[C@H](O)[C@H](O)[C@@H](OCCC(C)C)C1. The van der Waals surface area contributed by atoms with Crippen LogP contribution in [0.2, 0.25) is 0 Å². The number of hydrogen-bond acceptors (Lipinski definition) is 7. The van der Waals surface area contributed by atoms with Gasteiger partial charge in [0.15, 0.2) is 0 Å². The molecule has 0 fully saturated rings. The molecule has 1 aliphatic rings. The minimum absolute atomic E-state index is 0.00362. The summed E-state index contributed by atoms with van der Waals surface area (Å²) in [6.45, 7) is 9.33. The van der Waals surface area contributed by atoms with Gasteiger partial charge in [-0.1, -0.05) is 26.0 Å². The lowest BCUT2D eigenvalue weighted by Gasteiger charge is -2.33. The first-order valence-electron chi connectivity index (χ1n) is 11.4. The predicted molar refractivity (Wildman–Crippen MR) is 123 cm³/mol. The van der Waals surface area contributed by atoms with Gasteiger partial charge in [0.05, 0.1) is 13.2 Å². The maximum Gasteiger partial charge on any atom is 0.219 e. The van der Waals surface area contributed by atoms with E-state index in [4.69, 9.17) is 9.47 Å². The average Bonchev–Trinajstić information content (AvgIpc) is 2.76. The third-order valence-corrected chi connectivity index (χ3v) is 5.52. The third kappa shape index (κ3) is 9.75. The van der Waals surface area contributed by atoms with E-state index < -0.39 is 18.3 Å². The Morgan fingerprint density at radius 3 is 2.69 bits per heavy atom. The van der Waals surface area contributed by atoms with E-state index in [-0.39, 0.29) is 19.1 Å². The van der Waals surface area contributed by atoms with E-state index in [1.807, 2.05) is 24.3 Å². The van der Waals surface area contributed by atoms with Crippen molar-refractivity contribution >= 4 is 5.91 Å². The van der Waals surface area contributed by atoms with Crippen LogP contribution >= 0.6 is 0 Å². The molecule has 3 atom stereocenters. The molecule has 0 aliphatic carbocycles. The largest absolute Gasteiger partial charge is 0.388 e. The Labute approximate surface area is 191 Å². The van der Waals surface area contributed by atoms with E-state index in [0.717, 1.165) is 18.5 Å². The molecule has 2 N–H and O–H groups in total. The van der Waals surface area contributed by atoms with E-state index >= 15 is 0 Å². The van der Waals surface area contributed by atoms with Crippen LogP contribution in [-0.4, -0.2) is 95.2 Å². The smallest absolute Gasteiger partial charge is 0.219 e. The third-order valence-electron chi connectivity index (χ3n) is 5.52. The highest BCUT2D eigenvalue weighted by Gasteiger charge is 2.30. The van der Waals surface area contributed by atoms with E-state index in [2.05, 4.69) is 23.7 Å². The molecule has 0 bridgehead atoms. The molecule has 0 saturated carbocycles. The fourth-order valence-corrected chi connectivity index (χ4v) is 3.45. The number of aliphatic hydroxyl groups is 2. The van der Waals surface area contributed by atoms with Gasteiger partial charge in [-0.25, -0.2) is 0 Å². The fraction of sp³-hybridized carbons (Fsp3) is 0.667. The molecule has 2 heterocycles. The molecule has 1 amide bonds. The van der Waals surface area contributed by atoms with Gasteiger partial charge in [-0.2, -0.15) is 0 Å². The molecule has 0 radical (unpaired) electrons. The summed E-state index contributed by atoms with van der Waals surface area (Å²) in [5.74, 6) is 0.364. The van der Waals surface area contributed by atoms with Crippen LogP contribution in [0, 0.1) is 5.92 Å². The Bertz CT molecular complexity index is 685. The van der Waals surface area contributed by atoms with Crippen LogP contribution in [0.5, 0.6) is 0 Å². The van der Waals surface area contributed by atoms with Gasteiger partial charge in [-0.15, -0.1) is 0 Å². The van der Waals surface area contributed by atoms with Crippen molar-refractivity contribution in [3.8, 4) is 0 Å². The van der Waals surface area contributed by atoms with Crippen LogP contribution in [0.3, 0.4) is 0 Å². The predicted octanol–water partition coefficient (Wildman–Crippen LogP) is 1.47. The van der Waals surface area contributed by atoms with Crippen molar-refractivity contribution in [3.05, 3.63) is 42.2 Å². The van der Waals surface area contributed by atoms with Gasteiger partial charge < -0.3 is 24.6 Å². The van der Waals surface area contributed by atoms with Gasteiger partial charge in [0.2, 0.25) is 5.91 Å². The van der Waals surface area contributed by atoms with Crippen molar-refractivity contribution in [3.63, 3.8) is 0 Å². The molecule has 2 rings (SSSR count). The molecular weight excluding hydrogens is 410 g/mol. The molecular formula is C24H39N3O5. The summed E-state index contributed by atoms with van der Waals surface area (Å²) < 4.78 is 11.5. The first-order valence-corrected chi connectivity index (χ1v) is 11.4. The van der Waals surface area contributed by atoms with Gasteiger partial charge in [0, 0.05) is 58.6 Å². The number of carbonyl (C=O) groups is 1.